The molecule has 4 amide bonds. The predicted octanol–water partition coefficient (Wildman–Crippen LogP) is 22.3. The average Bonchev–Trinajstić information content (AvgIpc) is 1.34. The minimum atomic E-state index is -0.346. The lowest BCUT2D eigenvalue weighted by Crippen LogP contribution is -2.42. The zero-order valence-corrected chi connectivity index (χ0v) is 57.5. The van der Waals surface area contributed by atoms with Crippen LogP contribution in [0.4, 0.5) is 11.4 Å². The number of anilines is 2. The molecule has 0 saturated heterocycles. The maximum atomic E-state index is 15.0. The molecule has 2 N–H and O–H groups in total. The maximum Gasteiger partial charge on any atom is 0.266 e. The van der Waals surface area contributed by atoms with E-state index < -0.39 is 0 Å². The number of aromatic hydroxyl groups is 2. The average molecular weight is 1300 g/mol. The van der Waals surface area contributed by atoms with Gasteiger partial charge in [-0.2, -0.15) is 0 Å². The van der Waals surface area contributed by atoms with Crippen LogP contribution in [0, 0.1) is 25.7 Å². The third kappa shape index (κ3) is 7.60. The Morgan fingerprint density at radius 3 is 0.930 bits per heavy atom. The molecule has 484 valence electrons. The molecule has 2 aliphatic heterocycles. The molecule has 8 heteroatoms. The summed E-state index contributed by atoms with van der Waals surface area (Å²) >= 11 is 0. The van der Waals surface area contributed by atoms with Gasteiger partial charge in [-0.25, -0.2) is 9.80 Å². The number of benzene rings is 13. The van der Waals surface area contributed by atoms with Gasteiger partial charge in [0.2, 0.25) is 0 Å². The van der Waals surface area contributed by atoms with Crippen molar-refractivity contribution in [1.29, 1.82) is 0 Å². The molecular weight excluding hydrogens is 1230 g/mol. The molecule has 0 fully saturated rings. The number of hydrogen-bond acceptors (Lipinski definition) is 6. The molecule has 20 rings (SSSR count). The van der Waals surface area contributed by atoms with Gasteiger partial charge in [-0.15, -0.1) is 0 Å². The van der Waals surface area contributed by atoms with E-state index in [0.717, 1.165) is 83.9 Å². The number of imide groups is 2. The van der Waals surface area contributed by atoms with E-state index in [4.69, 9.17) is 0 Å². The smallest absolute Gasteiger partial charge is 0.266 e. The first-order chi connectivity index (χ1) is 48.2. The summed E-state index contributed by atoms with van der Waals surface area (Å²) in [6.07, 6.45) is 11.1. The van der Waals surface area contributed by atoms with Crippen LogP contribution >= 0.6 is 0 Å². The molecule has 7 aliphatic rings. The van der Waals surface area contributed by atoms with E-state index in [1.165, 1.54) is 120 Å². The Kier molecular flexibility index (Phi) is 11.9. The summed E-state index contributed by atoms with van der Waals surface area (Å²) in [6.45, 7) is 20.7. The van der Waals surface area contributed by atoms with E-state index in [2.05, 4.69) is 135 Å². The summed E-state index contributed by atoms with van der Waals surface area (Å²) in [4.78, 5) is 62.8. The molecule has 2 atom stereocenters. The summed E-state index contributed by atoms with van der Waals surface area (Å²) in [5.74, 6) is -1.10. The first-order valence-electron chi connectivity index (χ1n) is 35.5. The van der Waals surface area contributed by atoms with Crippen molar-refractivity contribution in [2.45, 2.75) is 106 Å². The highest BCUT2D eigenvalue weighted by atomic mass is 16.3. The molecule has 8 nitrogen and oxygen atoms in total. The van der Waals surface area contributed by atoms with Gasteiger partial charge in [0, 0.05) is 44.9 Å². The molecule has 2 heterocycles. The zero-order chi connectivity index (χ0) is 68.4. The van der Waals surface area contributed by atoms with Gasteiger partial charge < -0.3 is 10.2 Å². The van der Waals surface area contributed by atoms with Crippen molar-refractivity contribution in [2.75, 3.05) is 9.80 Å². The maximum absolute atomic E-state index is 15.0. The predicted molar refractivity (Wildman–Crippen MR) is 408 cm³/mol. The van der Waals surface area contributed by atoms with Crippen molar-refractivity contribution in [1.82, 2.24) is 0 Å². The normalized spacial score (nSPS) is 16.9. The largest absolute Gasteiger partial charge is 0.508 e. The standard InChI is InChI=1S/C92H70N2O6/c1-41(2)71-37-53(95)38-72(42(3)4)87(71)93-89(97)67-25-21-59-55-13-17-63-75-33-49-29-45(9)47(31-51(49)35-77(75)65-19-15-57(79(55)83(63)65)61-23-27-69(91(93)99)85(67)81(59)61)11-12-48-32-52-36-78-66-20-16-58-62-24-28-70-86-68(90(98)94(92(70)100)88-73(43(5)6)39-54(96)40-74(88)44(7)8)26-22-60(82(62)86)56-14-18-64(84(66)80(56)58)76(78)34-50(52)30-46(48)10/h13-44,79,83,95-96H,11-12H2,1-10H3. The number of rotatable bonds is 9. The Hall–Kier alpha value is -11.2. The quantitative estimate of drug-likeness (QED) is 0.0845. The van der Waals surface area contributed by atoms with Crippen molar-refractivity contribution < 1.29 is 29.4 Å². The molecule has 5 aliphatic carbocycles. The number of fused-ring (bicyclic) bond motifs is 12. The van der Waals surface area contributed by atoms with Crippen molar-refractivity contribution in [3.63, 3.8) is 0 Å². The fourth-order valence-corrected chi connectivity index (χ4v) is 19.3. The van der Waals surface area contributed by atoms with E-state index in [9.17, 15) is 19.8 Å². The van der Waals surface area contributed by atoms with E-state index >= 15 is 9.59 Å². The van der Waals surface area contributed by atoms with Gasteiger partial charge in [0.05, 0.1) is 11.4 Å². The van der Waals surface area contributed by atoms with E-state index in [-0.39, 0.29) is 70.6 Å². The number of carbonyl (C=O) groups is 4. The van der Waals surface area contributed by atoms with Crippen LogP contribution in [0.3, 0.4) is 0 Å². The van der Waals surface area contributed by atoms with Crippen molar-refractivity contribution >= 4 is 133 Å². The lowest BCUT2D eigenvalue weighted by molar-refractivity contribution is 0.0877. The van der Waals surface area contributed by atoms with Gasteiger partial charge in [0.1, 0.15) is 11.5 Å². The van der Waals surface area contributed by atoms with Crippen LogP contribution in [0.1, 0.15) is 187 Å². The third-order valence-corrected chi connectivity index (χ3v) is 23.9. The first-order valence-corrected chi connectivity index (χ1v) is 35.5. The Balaban J connectivity index is 0.614. The Morgan fingerprint density at radius 1 is 0.310 bits per heavy atom. The van der Waals surface area contributed by atoms with Crippen LogP contribution in [0.2, 0.25) is 0 Å². The van der Waals surface area contributed by atoms with Gasteiger partial charge in [-0.1, -0.05) is 152 Å². The molecular formula is C92H70N2O6. The number of phenols is 2. The highest BCUT2D eigenvalue weighted by Gasteiger charge is 2.48. The summed E-state index contributed by atoms with van der Waals surface area (Å²) in [5.41, 5.74) is 26.3. The van der Waals surface area contributed by atoms with Crippen LogP contribution in [-0.2, 0) is 12.8 Å². The van der Waals surface area contributed by atoms with Gasteiger partial charge >= 0.3 is 0 Å². The van der Waals surface area contributed by atoms with Gasteiger partial charge in [-0.3, -0.25) is 19.2 Å². The molecule has 0 bridgehead atoms. The highest BCUT2D eigenvalue weighted by molar-refractivity contribution is 6.44. The second kappa shape index (κ2) is 20.2. The Morgan fingerprint density at radius 2 is 0.580 bits per heavy atom. The van der Waals surface area contributed by atoms with E-state index in [0.29, 0.717) is 39.0 Å². The minimum absolute atomic E-state index is 0.0461. The Labute approximate surface area is 578 Å². The Bertz CT molecular complexity index is 6170. The fourth-order valence-electron chi connectivity index (χ4n) is 19.3. The molecule has 0 saturated carbocycles. The van der Waals surface area contributed by atoms with Crippen LogP contribution in [-0.4, -0.2) is 33.8 Å². The molecule has 2 unspecified atom stereocenters. The minimum Gasteiger partial charge on any atom is -0.508 e. The van der Waals surface area contributed by atoms with Gasteiger partial charge in [0.25, 0.3) is 23.6 Å². The first kappa shape index (κ1) is 58.9. The molecule has 0 radical (unpaired) electrons. The molecule has 13 aromatic rings. The summed E-state index contributed by atoms with van der Waals surface area (Å²) in [5, 5.41) is 36.6. The topological polar surface area (TPSA) is 115 Å². The lowest BCUT2D eigenvalue weighted by atomic mass is 9.62. The zero-order valence-electron chi connectivity index (χ0n) is 57.5. The van der Waals surface area contributed by atoms with Gasteiger partial charge in [0.15, 0.2) is 0 Å². The number of carbonyl (C=O) groups excluding carboxylic acids is 4. The summed E-state index contributed by atoms with van der Waals surface area (Å²) in [6, 6.07) is 51.3. The van der Waals surface area contributed by atoms with Crippen molar-refractivity contribution in [3.8, 4) is 33.8 Å². The lowest BCUT2D eigenvalue weighted by Gasteiger charge is -2.41. The van der Waals surface area contributed by atoms with Crippen LogP contribution in [0.25, 0.3) is 120 Å². The number of hydrogen-bond donors (Lipinski definition) is 2. The number of amides is 4. The summed E-state index contributed by atoms with van der Waals surface area (Å²) in [7, 11) is 0. The highest BCUT2D eigenvalue weighted by Crippen LogP contribution is 2.64. The van der Waals surface area contributed by atoms with Crippen LogP contribution < -0.4 is 9.80 Å². The second-order valence-electron chi connectivity index (χ2n) is 30.7. The third-order valence-electron chi connectivity index (χ3n) is 23.9. The van der Waals surface area contributed by atoms with E-state index in [1.54, 1.807) is 24.3 Å². The number of aryl methyl sites for hydroxylation is 4. The second-order valence-corrected chi connectivity index (χ2v) is 30.7. The molecule has 13 aromatic carbocycles. The van der Waals surface area contributed by atoms with Crippen molar-refractivity contribution in [2.24, 2.45) is 11.8 Å². The number of phenolic OH excluding ortho intramolecular Hbond substituents is 2. The van der Waals surface area contributed by atoms with E-state index in [1.807, 2.05) is 79.7 Å². The molecule has 0 spiro atoms. The van der Waals surface area contributed by atoms with Crippen molar-refractivity contribution in [3.05, 3.63) is 259 Å². The van der Waals surface area contributed by atoms with Gasteiger partial charge in [-0.05, 0) is 299 Å². The monoisotopic (exact) mass is 1300 g/mol. The SMILES string of the molecule is Cc1cc2cc3c(cc2cc1CCc1cc2cc4c(cc2cc1C)-c1ccc2c5ccc6c7c(ccc(c8ccc-4c1c28)c75)C(=O)N(c1c(C(C)C)cc(O)cc1C(C)C)C6=O)C1=CC=C2c4ccc5c6c(ccc(c46)C4=CC=C3C1C42)C(=O)N(c1c(C(C)C)cc(O)cc1C(C)C)C5=O. The van der Waals surface area contributed by atoms with Crippen LogP contribution in [0.5, 0.6) is 11.5 Å². The summed E-state index contributed by atoms with van der Waals surface area (Å²) < 4.78 is 0. The van der Waals surface area contributed by atoms with Crippen LogP contribution in [0.15, 0.2) is 170 Å². The molecule has 100 heavy (non-hydrogen) atoms. The number of allylic oxidation sites excluding steroid dienone is 8. The number of nitrogens with zero attached hydrogens (tertiary/aromatic N) is 2. The molecule has 0 aromatic heterocycles. The fraction of sp³-hybridized carbons (Fsp3) is 0.196.